The summed E-state index contributed by atoms with van der Waals surface area (Å²) in [6, 6.07) is 15.9. The number of carbonyl (C=O) groups is 1. The first kappa shape index (κ1) is 21.2. The number of hydrogen-bond acceptors (Lipinski definition) is 6. The molecular weight excluding hydrogens is 410 g/mol. The van der Waals surface area contributed by atoms with Crippen LogP contribution in [-0.4, -0.2) is 55.7 Å². The number of carbonyl (C=O) groups excluding carboxylic acids is 1. The molecule has 0 radical (unpaired) electrons. The Balaban J connectivity index is 1.40. The zero-order chi connectivity index (χ0) is 21.6. The van der Waals surface area contributed by atoms with Gasteiger partial charge in [-0.3, -0.25) is 4.79 Å². The fourth-order valence-corrected chi connectivity index (χ4v) is 4.50. The molecule has 0 N–H and O–H groups in total. The van der Waals surface area contributed by atoms with Gasteiger partial charge in [-0.2, -0.15) is 0 Å². The van der Waals surface area contributed by atoms with Crippen molar-refractivity contribution in [3.8, 4) is 22.1 Å². The van der Waals surface area contributed by atoms with Crippen molar-refractivity contribution in [3.63, 3.8) is 0 Å². The Kier molecular flexibility index (Phi) is 6.72. The molecule has 0 bridgehead atoms. The van der Waals surface area contributed by atoms with Gasteiger partial charge in [0.25, 0.3) is 5.91 Å². The number of amides is 1. The molecule has 0 unspecified atom stereocenters. The largest absolute Gasteiger partial charge is 0.497 e. The molecule has 1 aliphatic heterocycles. The number of aromatic nitrogens is 1. The van der Waals surface area contributed by atoms with Crippen LogP contribution in [0.4, 0.5) is 5.69 Å². The van der Waals surface area contributed by atoms with Crippen molar-refractivity contribution in [2.24, 2.45) is 0 Å². The Morgan fingerprint density at radius 2 is 1.74 bits per heavy atom. The molecule has 0 atom stereocenters. The minimum atomic E-state index is 0.00465. The Hall–Kier alpha value is -3.06. The molecule has 1 amide bonds. The zero-order valence-electron chi connectivity index (χ0n) is 17.9. The van der Waals surface area contributed by atoms with Crippen LogP contribution in [0.1, 0.15) is 23.8 Å². The van der Waals surface area contributed by atoms with Crippen LogP contribution in [0.2, 0.25) is 0 Å². The molecule has 4 rings (SSSR count). The second-order valence-corrected chi connectivity index (χ2v) is 8.18. The van der Waals surface area contributed by atoms with Crippen molar-refractivity contribution < 1.29 is 14.3 Å². The lowest BCUT2D eigenvalue weighted by Gasteiger charge is -2.23. The maximum absolute atomic E-state index is 13.1. The molecule has 31 heavy (non-hydrogen) atoms. The third-order valence-corrected chi connectivity index (χ3v) is 6.25. The van der Waals surface area contributed by atoms with Crippen LogP contribution in [0.3, 0.4) is 0 Å². The van der Waals surface area contributed by atoms with Crippen LogP contribution < -0.4 is 14.4 Å². The smallest absolute Gasteiger partial charge is 0.273 e. The van der Waals surface area contributed by atoms with Gasteiger partial charge in [-0.25, -0.2) is 4.98 Å². The normalized spacial score (nSPS) is 14.3. The lowest BCUT2D eigenvalue weighted by atomic mass is 10.2. The second-order valence-electron chi connectivity index (χ2n) is 7.33. The van der Waals surface area contributed by atoms with Gasteiger partial charge in [0.2, 0.25) is 0 Å². The fraction of sp³-hybridized carbons (Fsp3) is 0.333. The number of ether oxygens (including phenoxy) is 2. The van der Waals surface area contributed by atoms with E-state index in [4.69, 9.17) is 9.47 Å². The summed E-state index contributed by atoms with van der Waals surface area (Å²) in [6.45, 7) is 5.74. The molecule has 1 fully saturated rings. The summed E-state index contributed by atoms with van der Waals surface area (Å²) in [5, 5.41) is 2.71. The predicted molar refractivity (Wildman–Crippen MR) is 124 cm³/mol. The summed E-state index contributed by atoms with van der Waals surface area (Å²) >= 11 is 1.50. The summed E-state index contributed by atoms with van der Waals surface area (Å²) in [7, 11) is 1.67. The zero-order valence-corrected chi connectivity index (χ0v) is 18.7. The highest BCUT2D eigenvalue weighted by atomic mass is 32.1. The van der Waals surface area contributed by atoms with E-state index >= 15 is 0 Å². The second kappa shape index (κ2) is 9.83. The quantitative estimate of drug-likeness (QED) is 0.565. The molecule has 7 heteroatoms. The number of benzene rings is 2. The highest BCUT2D eigenvalue weighted by molar-refractivity contribution is 7.13. The van der Waals surface area contributed by atoms with Crippen LogP contribution in [0.5, 0.6) is 11.5 Å². The van der Waals surface area contributed by atoms with Crippen LogP contribution in [0, 0.1) is 0 Å². The fourth-order valence-electron chi connectivity index (χ4n) is 3.70. The Morgan fingerprint density at radius 1 is 1.00 bits per heavy atom. The molecule has 162 valence electrons. The molecule has 1 aromatic heterocycles. The maximum atomic E-state index is 13.1. The predicted octanol–water partition coefficient (Wildman–Crippen LogP) is 4.57. The van der Waals surface area contributed by atoms with Crippen molar-refractivity contribution in [3.05, 3.63) is 59.6 Å². The van der Waals surface area contributed by atoms with Gasteiger partial charge in [0.1, 0.15) is 22.2 Å². The summed E-state index contributed by atoms with van der Waals surface area (Å²) in [5.41, 5.74) is 2.67. The van der Waals surface area contributed by atoms with Crippen molar-refractivity contribution in [1.82, 2.24) is 9.88 Å². The van der Waals surface area contributed by atoms with Gasteiger partial charge >= 0.3 is 0 Å². The number of anilines is 1. The van der Waals surface area contributed by atoms with Crippen LogP contribution in [-0.2, 0) is 0 Å². The van der Waals surface area contributed by atoms with Gasteiger partial charge in [-0.05, 0) is 61.9 Å². The van der Waals surface area contributed by atoms with E-state index in [1.54, 1.807) is 7.11 Å². The van der Waals surface area contributed by atoms with Gasteiger partial charge in [0.05, 0.1) is 13.7 Å². The van der Waals surface area contributed by atoms with Gasteiger partial charge in [0.15, 0.2) is 0 Å². The third-order valence-electron chi connectivity index (χ3n) is 5.36. The summed E-state index contributed by atoms with van der Waals surface area (Å²) in [6.07, 6.45) is 0.924. The van der Waals surface area contributed by atoms with E-state index in [1.165, 1.54) is 11.3 Å². The van der Waals surface area contributed by atoms with Crippen molar-refractivity contribution in [1.29, 1.82) is 0 Å². The lowest BCUT2D eigenvalue weighted by Crippen LogP contribution is -2.35. The topological polar surface area (TPSA) is 54.9 Å². The summed E-state index contributed by atoms with van der Waals surface area (Å²) in [5.74, 6) is 1.69. The maximum Gasteiger partial charge on any atom is 0.273 e. The molecule has 1 aliphatic rings. The van der Waals surface area contributed by atoms with Gasteiger partial charge < -0.3 is 19.3 Å². The number of nitrogens with zero attached hydrogens (tertiary/aromatic N) is 3. The van der Waals surface area contributed by atoms with Crippen LogP contribution >= 0.6 is 11.3 Å². The molecule has 6 nitrogen and oxygen atoms in total. The van der Waals surface area contributed by atoms with E-state index in [-0.39, 0.29) is 5.91 Å². The van der Waals surface area contributed by atoms with Gasteiger partial charge in [-0.1, -0.05) is 0 Å². The van der Waals surface area contributed by atoms with Crippen molar-refractivity contribution >= 4 is 22.9 Å². The number of hydrogen-bond donors (Lipinski definition) is 0. The summed E-state index contributed by atoms with van der Waals surface area (Å²) in [4.78, 5) is 21.9. The molecule has 3 aromatic rings. The first-order valence-electron chi connectivity index (χ1n) is 10.5. The van der Waals surface area contributed by atoms with E-state index in [0.29, 0.717) is 18.8 Å². The molecule has 2 heterocycles. The molecular formula is C24H27N3O3S. The van der Waals surface area contributed by atoms with Crippen LogP contribution in [0.25, 0.3) is 10.6 Å². The van der Waals surface area contributed by atoms with Crippen molar-refractivity contribution in [2.45, 2.75) is 13.3 Å². The van der Waals surface area contributed by atoms with E-state index in [9.17, 15) is 4.79 Å². The average molecular weight is 438 g/mol. The Morgan fingerprint density at radius 3 is 2.45 bits per heavy atom. The Bertz CT molecular complexity index is 1000. The first-order valence-corrected chi connectivity index (χ1v) is 11.4. The highest BCUT2D eigenvalue weighted by Crippen LogP contribution is 2.27. The van der Waals surface area contributed by atoms with Gasteiger partial charge in [-0.15, -0.1) is 11.3 Å². The average Bonchev–Trinajstić information content (AvgIpc) is 3.17. The minimum Gasteiger partial charge on any atom is -0.497 e. The van der Waals surface area contributed by atoms with E-state index in [1.807, 2.05) is 53.6 Å². The molecule has 0 spiro atoms. The molecule has 0 aliphatic carbocycles. The molecule has 2 aromatic carbocycles. The minimum absolute atomic E-state index is 0.00465. The first-order chi connectivity index (χ1) is 15.2. The molecule has 1 saturated heterocycles. The number of methoxy groups -OCH3 is 1. The molecule has 0 saturated carbocycles. The highest BCUT2D eigenvalue weighted by Gasteiger charge is 2.22. The van der Waals surface area contributed by atoms with E-state index < -0.39 is 0 Å². The Labute approximate surface area is 187 Å². The standard InChI is InChI=1S/C24H27N3O3S/c1-3-30-21-9-5-18(6-10-21)23-25-22(17-31-23)24(28)27-14-4-13-26(15-16-27)19-7-11-20(29-2)12-8-19/h5-12,17H,3-4,13-16H2,1-2H3. The third kappa shape index (κ3) is 4.99. The van der Waals surface area contributed by atoms with Gasteiger partial charge in [0, 0.05) is 42.8 Å². The SMILES string of the molecule is CCOc1ccc(-c2nc(C(=O)N3CCCN(c4ccc(OC)cc4)CC3)cs2)cc1. The van der Waals surface area contributed by atoms with Crippen molar-refractivity contribution in [2.75, 3.05) is 44.8 Å². The van der Waals surface area contributed by atoms with Crippen LogP contribution in [0.15, 0.2) is 53.9 Å². The van der Waals surface area contributed by atoms with E-state index in [0.717, 1.165) is 53.8 Å². The van der Waals surface area contributed by atoms with E-state index in [2.05, 4.69) is 22.0 Å². The monoisotopic (exact) mass is 437 g/mol. The summed E-state index contributed by atoms with van der Waals surface area (Å²) < 4.78 is 10.7. The number of rotatable bonds is 6. The number of thiazole rings is 1. The lowest BCUT2D eigenvalue weighted by molar-refractivity contribution is 0.0762.